The Hall–Kier alpha value is -3.35. The molecule has 1 saturated heterocycles. The number of nitrogens with zero attached hydrogens (tertiary/aromatic N) is 1. The molecule has 0 aliphatic carbocycles. The van der Waals surface area contributed by atoms with E-state index < -0.39 is 50.0 Å². The fourth-order valence-corrected chi connectivity index (χ4v) is 6.92. The number of sulfonamides is 1. The van der Waals surface area contributed by atoms with Gasteiger partial charge < -0.3 is 14.6 Å². The monoisotopic (exact) mass is 613 g/mol. The van der Waals surface area contributed by atoms with Crippen LogP contribution in [-0.2, 0) is 25.7 Å². The lowest BCUT2D eigenvalue weighted by molar-refractivity contribution is -0.157. The average molecular weight is 614 g/mol. The van der Waals surface area contributed by atoms with Crippen molar-refractivity contribution in [3.05, 3.63) is 77.1 Å². The van der Waals surface area contributed by atoms with Crippen LogP contribution in [0.1, 0.15) is 24.8 Å². The number of carbonyl (C=O) groups is 1. The van der Waals surface area contributed by atoms with Gasteiger partial charge >= 0.3 is 12.1 Å². The zero-order valence-corrected chi connectivity index (χ0v) is 22.9. The summed E-state index contributed by atoms with van der Waals surface area (Å²) < 4.78 is 95.3. The van der Waals surface area contributed by atoms with E-state index in [0.29, 0.717) is 6.07 Å². The van der Waals surface area contributed by atoms with Crippen molar-refractivity contribution in [2.75, 3.05) is 24.1 Å². The van der Waals surface area contributed by atoms with E-state index in [4.69, 9.17) is 21.1 Å². The van der Waals surface area contributed by atoms with Crippen LogP contribution >= 0.6 is 11.6 Å². The molecule has 1 atom stereocenters. The molecular weight excluding hydrogens is 590 g/mol. The second-order valence-corrected chi connectivity index (χ2v) is 12.3. The number of aliphatic carboxylic acids is 1. The molecule has 0 spiro atoms. The topological polar surface area (TPSA) is 93.1 Å². The molecule has 0 radical (unpaired) electrons. The lowest BCUT2D eigenvalue weighted by Crippen LogP contribution is -2.48. The van der Waals surface area contributed by atoms with E-state index in [-0.39, 0.29) is 66.6 Å². The number of anilines is 1. The Kier molecular flexibility index (Phi) is 7.68. The Balaban J connectivity index is 1.61. The maximum atomic E-state index is 14.8. The number of hydrogen-bond acceptors (Lipinski definition) is 5. The summed E-state index contributed by atoms with van der Waals surface area (Å²) in [5.41, 5.74) is -2.10. The molecule has 0 aromatic heterocycles. The number of hydrogen-bond donors (Lipinski definition) is 1. The van der Waals surface area contributed by atoms with Crippen LogP contribution in [0.4, 0.5) is 23.2 Å². The molecule has 2 aliphatic heterocycles. The Morgan fingerprint density at radius 2 is 1.78 bits per heavy atom. The molecule has 13 heteroatoms. The average Bonchev–Trinajstić information content (AvgIpc) is 2.94. The van der Waals surface area contributed by atoms with Crippen molar-refractivity contribution >= 4 is 33.3 Å². The summed E-state index contributed by atoms with van der Waals surface area (Å²) in [6.45, 7) is 0.0236. The van der Waals surface area contributed by atoms with Crippen molar-refractivity contribution in [3.8, 4) is 16.9 Å². The second-order valence-electron chi connectivity index (χ2n) is 9.99. The van der Waals surface area contributed by atoms with Crippen LogP contribution < -0.4 is 9.04 Å². The van der Waals surface area contributed by atoms with Gasteiger partial charge in [-0.1, -0.05) is 35.9 Å². The van der Waals surface area contributed by atoms with Crippen LogP contribution in [0.3, 0.4) is 0 Å². The third-order valence-electron chi connectivity index (χ3n) is 7.42. The number of ether oxygens (including phenoxy) is 2. The highest BCUT2D eigenvalue weighted by Crippen LogP contribution is 2.44. The zero-order valence-electron chi connectivity index (χ0n) is 21.3. The number of benzene rings is 3. The van der Waals surface area contributed by atoms with Crippen LogP contribution in [0.15, 0.2) is 65.6 Å². The van der Waals surface area contributed by atoms with Gasteiger partial charge in [-0.25, -0.2) is 12.8 Å². The highest BCUT2D eigenvalue weighted by Gasteiger charge is 2.45. The Morgan fingerprint density at radius 1 is 1.07 bits per heavy atom. The van der Waals surface area contributed by atoms with E-state index >= 15 is 0 Å². The summed E-state index contributed by atoms with van der Waals surface area (Å²) in [6, 6.07) is 11.9. The third-order valence-corrected chi connectivity index (χ3v) is 9.49. The first-order valence-corrected chi connectivity index (χ1v) is 14.4. The molecule has 1 fully saturated rings. The van der Waals surface area contributed by atoms with Crippen molar-refractivity contribution in [1.82, 2.24) is 0 Å². The summed E-state index contributed by atoms with van der Waals surface area (Å²) in [5.74, 6) is -1.76. The van der Waals surface area contributed by atoms with Gasteiger partial charge in [-0.05, 0) is 54.8 Å². The predicted molar refractivity (Wildman–Crippen MR) is 142 cm³/mol. The zero-order chi connectivity index (χ0) is 29.6. The van der Waals surface area contributed by atoms with Gasteiger partial charge in [0.25, 0.3) is 10.0 Å². The number of carboxylic acid groups (broad SMARTS) is 1. The molecular formula is C28H24ClF4NO6S. The summed E-state index contributed by atoms with van der Waals surface area (Å²) in [4.78, 5) is 11.7. The van der Waals surface area contributed by atoms with Gasteiger partial charge in [0.05, 0.1) is 33.1 Å². The summed E-state index contributed by atoms with van der Waals surface area (Å²) in [6.07, 6.45) is -5.44. The maximum Gasteiger partial charge on any atom is 0.416 e. The van der Waals surface area contributed by atoms with Crippen LogP contribution in [0.2, 0.25) is 5.02 Å². The smallest absolute Gasteiger partial charge is 0.416 e. The number of carboxylic acids is 1. The highest BCUT2D eigenvalue weighted by atomic mass is 35.5. The first-order chi connectivity index (χ1) is 19.3. The normalized spacial score (nSPS) is 18.9. The predicted octanol–water partition coefficient (Wildman–Crippen LogP) is 6.39. The lowest BCUT2D eigenvalue weighted by Gasteiger charge is -2.40. The third kappa shape index (κ3) is 5.60. The van der Waals surface area contributed by atoms with Gasteiger partial charge in [0.2, 0.25) is 0 Å². The van der Waals surface area contributed by atoms with Crippen LogP contribution in [0.25, 0.3) is 11.1 Å². The fourth-order valence-electron chi connectivity index (χ4n) is 5.20. The van der Waals surface area contributed by atoms with E-state index in [9.17, 15) is 35.9 Å². The number of halogens is 5. The Morgan fingerprint density at radius 3 is 2.46 bits per heavy atom. The second kappa shape index (κ2) is 10.8. The first-order valence-electron chi connectivity index (χ1n) is 12.6. The molecule has 1 unspecified atom stereocenters. The van der Waals surface area contributed by atoms with Gasteiger partial charge in [-0.3, -0.25) is 9.10 Å². The quantitative estimate of drug-likeness (QED) is 0.324. The van der Waals surface area contributed by atoms with Crippen molar-refractivity contribution in [2.45, 2.75) is 36.4 Å². The van der Waals surface area contributed by atoms with E-state index in [1.807, 2.05) is 0 Å². The minimum atomic E-state index is -4.79. The molecule has 218 valence electrons. The SMILES string of the molecule is O=C(O)C1(CC2CN(S(=O)(=O)c3cccc(C(F)(F)F)c3)c3cc(-c4cccc(Cl)c4F)ccc3O2)CCOCC1. The molecule has 2 heterocycles. The Bertz CT molecular complexity index is 1590. The van der Waals surface area contributed by atoms with Gasteiger partial charge in [0.1, 0.15) is 17.7 Å². The van der Waals surface area contributed by atoms with Crippen LogP contribution in [-0.4, -0.2) is 45.4 Å². The number of fused-ring (bicyclic) bond motifs is 1. The van der Waals surface area contributed by atoms with E-state index in [1.165, 1.54) is 36.4 Å². The lowest BCUT2D eigenvalue weighted by atomic mass is 9.75. The molecule has 2 aliphatic rings. The van der Waals surface area contributed by atoms with E-state index in [0.717, 1.165) is 22.5 Å². The molecule has 0 saturated carbocycles. The Labute approximate surface area is 238 Å². The molecule has 3 aromatic rings. The van der Waals surface area contributed by atoms with Crippen molar-refractivity contribution in [1.29, 1.82) is 0 Å². The van der Waals surface area contributed by atoms with Crippen molar-refractivity contribution in [3.63, 3.8) is 0 Å². The molecule has 3 aromatic carbocycles. The number of alkyl halides is 3. The largest absolute Gasteiger partial charge is 0.486 e. The first kappa shape index (κ1) is 29.2. The molecule has 7 nitrogen and oxygen atoms in total. The van der Waals surface area contributed by atoms with Gasteiger partial charge in [0.15, 0.2) is 0 Å². The highest BCUT2D eigenvalue weighted by molar-refractivity contribution is 7.92. The van der Waals surface area contributed by atoms with Crippen molar-refractivity contribution < 1.29 is 45.4 Å². The maximum absolute atomic E-state index is 14.8. The summed E-state index contributed by atoms with van der Waals surface area (Å²) in [7, 11) is -4.63. The summed E-state index contributed by atoms with van der Waals surface area (Å²) in [5, 5.41) is 9.89. The fraction of sp³-hybridized carbons (Fsp3) is 0.321. The minimum absolute atomic E-state index is 0.0353. The van der Waals surface area contributed by atoms with Gasteiger partial charge in [0, 0.05) is 25.2 Å². The standard InChI is InChI=1S/C28H24ClF4NO6S/c29-22-6-2-5-21(25(22)30)17-7-8-24-23(13-17)34(41(37,38)20-4-1-3-18(14-20)28(31,32)33)16-19(40-24)15-27(26(35)36)9-11-39-12-10-27/h1-8,13-14,19H,9-12,15-16H2,(H,35,36). The van der Waals surface area contributed by atoms with Crippen LogP contribution in [0, 0.1) is 11.2 Å². The van der Waals surface area contributed by atoms with Crippen LogP contribution in [0.5, 0.6) is 5.75 Å². The van der Waals surface area contributed by atoms with E-state index in [2.05, 4.69) is 0 Å². The minimum Gasteiger partial charge on any atom is -0.486 e. The molecule has 0 bridgehead atoms. The molecule has 0 amide bonds. The van der Waals surface area contributed by atoms with Gasteiger partial charge in [-0.2, -0.15) is 13.2 Å². The van der Waals surface area contributed by atoms with E-state index in [1.54, 1.807) is 0 Å². The summed E-state index contributed by atoms with van der Waals surface area (Å²) >= 11 is 5.94. The molecule has 41 heavy (non-hydrogen) atoms. The van der Waals surface area contributed by atoms with Crippen molar-refractivity contribution in [2.24, 2.45) is 5.41 Å². The molecule has 5 rings (SSSR count). The molecule has 1 N–H and O–H groups in total. The number of rotatable bonds is 6. The van der Waals surface area contributed by atoms with Gasteiger partial charge in [-0.15, -0.1) is 0 Å².